The van der Waals surface area contributed by atoms with Gasteiger partial charge in [-0.15, -0.1) is 22.7 Å². The standard InChI is InChI=1S/C73H47NS2/c1-3-13-56(14-4-1)73(57-15-5-2-6-16-57)67-20-10-7-17-61(67)64-47-60(41-42-68(64)73)74(58-37-31-50(32-38-58)48-23-27-52(28-24-48)54-35-43-71-65(45-54)62-18-8-11-21-69(62)75-71)59-39-33-51(34-40-59)49-25-29-53(30-26-49)55-36-44-72-66(46-55)63-19-9-12-22-70(63)76-72/h1-47H. The second-order valence-corrected chi connectivity index (χ2v) is 22.1. The molecular weight excluding hydrogens is 955 g/mol. The van der Waals surface area contributed by atoms with Gasteiger partial charge < -0.3 is 4.90 Å². The van der Waals surface area contributed by atoms with Crippen molar-refractivity contribution in [3.63, 3.8) is 0 Å². The number of thiophene rings is 2. The smallest absolute Gasteiger partial charge is 0.0713 e. The third-order valence-electron chi connectivity index (χ3n) is 15.8. The van der Waals surface area contributed by atoms with Gasteiger partial charge >= 0.3 is 0 Å². The van der Waals surface area contributed by atoms with E-state index in [0.29, 0.717) is 0 Å². The molecule has 0 aliphatic heterocycles. The molecular formula is C73H47NS2. The van der Waals surface area contributed by atoms with Crippen molar-refractivity contribution in [1.82, 2.24) is 0 Å². The van der Waals surface area contributed by atoms with Crippen molar-refractivity contribution >= 4 is 80.1 Å². The van der Waals surface area contributed by atoms with Crippen LogP contribution in [0.2, 0.25) is 0 Å². The highest BCUT2D eigenvalue weighted by Crippen LogP contribution is 2.57. The van der Waals surface area contributed by atoms with E-state index < -0.39 is 5.41 Å². The van der Waals surface area contributed by atoms with Crippen molar-refractivity contribution in [2.45, 2.75) is 5.41 Å². The van der Waals surface area contributed by atoms with Gasteiger partial charge in [0.1, 0.15) is 0 Å². The van der Waals surface area contributed by atoms with Gasteiger partial charge in [0, 0.05) is 57.4 Å². The summed E-state index contributed by atoms with van der Waals surface area (Å²) in [6.45, 7) is 0. The first-order valence-electron chi connectivity index (χ1n) is 26.0. The Morgan fingerprint density at radius 3 is 1.08 bits per heavy atom. The Kier molecular flexibility index (Phi) is 10.6. The van der Waals surface area contributed by atoms with Crippen LogP contribution in [0.15, 0.2) is 285 Å². The molecule has 0 saturated heterocycles. The van der Waals surface area contributed by atoms with Gasteiger partial charge in [0.2, 0.25) is 0 Å². The first kappa shape index (κ1) is 44.4. The van der Waals surface area contributed by atoms with Crippen LogP contribution in [-0.4, -0.2) is 0 Å². The van der Waals surface area contributed by atoms with Gasteiger partial charge in [0.15, 0.2) is 0 Å². The lowest BCUT2D eigenvalue weighted by atomic mass is 9.68. The lowest BCUT2D eigenvalue weighted by Gasteiger charge is -2.34. The fourth-order valence-electron chi connectivity index (χ4n) is 12.2. The molecule has 0 fully saturated rings. The summed E-state index contributed by atoms with van der Waals surface area (Å²) in [4.78, 5) is 2.42. The van der Waals surface area contributed by atoms with Gasteiger partial charge in [-0.1, -0.05) is 212 Å². The van der Waals surface area contributed by atoms with E-state index in [-0.39, 0.29) is 0 Å². The summed E-state index contributed by atoms with van der Waals surface area (Å²) in [5.74, 6) is 0. The van der Waals surface area contributed by atoms with Crippen LogP contribution < -0.4 is 4.90 Å². The summed E-state index contributed by atoms with van der Waals surface area (Å²) in [7, 11) is 0. The van der Waals surface area contributed by atoms with E-state index in [4.69, 9.17) is 0 Å². The number of hydrogen-bond acceptors (Lipinski definition) is 3. The molecule has 2 aromatic heterocycles. The van der Waals surface area contributed by atoms with Crippen LogP contribution in [0, 0.1) is 0 Å². The monoisotopic (exact) mass is 1000 g/mol. The minimum Gasteiger partial charge on any atom is -0.310 e. The Hall–Kier alpha value is -9.12. The minimum absolute atomic E-state index is 0.470. The Morgan fingerprint density at radius 2 is 0.592 bits per heavy atom. The molecule has 1 aliphatic rings. The second kappa shape index (κ2) is 18.1. The van der Waals surface area contributed by atoms with E-state index in [2.05, 4.69) is 290 Å². The van der Waals surface area contributed by atoms with Gasteiger partial charge in [-0.2, -0.15) is 0 Å². The molecule has 0 spiro atoms. The van der Waals surface area contributed by atoms with Gasteiger partial charge in [0.25, 0.3) is 0 Å². The number of benzene rings is 12. The van der Waals surface area contributed by atoms with E-state index in [1.54, 1.807) is 0 Å². The molecule has 0 atom stereocenters. The van der Waals surface area contributed by atoms with Crippen LogP contribution in [0.25, 0.3) is 96.0 Å². The van der Waals surface area contributed by atoms with Crippen LogP contribution in [0.3, 0.4) is 0 Å². The van der Waals surface area contributed by atoms with Gasteiger partial charge in [-0.3, -0.25) is 0 Å². The number of fused-ring (bicyclic) bond motifs is 9. The van der Waals surface area contributed by atoms with Crippen LogP contribution in [0.5, 0.6) is 0 Å². The minimum atomic E-state index is -0.470. The highest BCUT2D eigenvalue weighted by molar-refractivity contribution is 7.26. The maximum absolute atomic E-state index is 2.42. The molecule has 2 heterocycles. The zero-order valence-electron chi connectivity index (χ0n) is 41.4. The predicted molar refractivity (Wildman–Crippen MR) is 326 cm³/mol. The largest absolute Gasteiger partial charge is 0.310 e. The summed E-state index contributed by atoms with van der Waals surface area (Å²) in [5, 5.41) is 5.29. The molecule has 1 nitrogen and oxygen atoms in total. The van der Waals surface area contributed by atoms with Crippen LogP contribution in [0.1, 0.15) is 22.3 Å². The van der Waals surface area contributed by atoms with Crippen molar-refractivity contribution in [3.05, 3.63) is 307 Å². The highest BCUT2D eigenvalue weighted by atomic mass is 32.1. The Bertz CT molecular complexity index is 4230. The van der Waals surface area contributed by atoms with Crippen molar-refractivity contribution < 1.29 is 0 Å². The molecule has 14 aromatic rings. The predicted octanol–water partition coefficient (Wildman–Crippen LogP) is 20.9. The molecule has 0 amide bonds. The first-order valence-corrected chi connectivity index (χ1v) is 27.7. The summed E-state index contributed by atoms with van der Waals surface area (Å²) in [6, 6.07) is 106. The van der Waals surface area contributed by atoms with Crippen molar-refractivity contribution in [3.8, 4) is 55.6 Å². The van der Waals surface area contributed by atoms with E-state index >= 15 is 0 Å². The number of nitrogens with zero attached hydrogens (tertiary/aromatic N) is 1. The fourth-order valence-corrected chi connectivity index (χ4v) is 14.3. The lowest BCUT2D eigenvalue weighted by molar-refractivity contribution is 0.768. The number of rotatable bonds is 9. The zero-order chi connectivity index (χ0) is 50.2. The summed E-state index contributed by atoms with van der Waals surface area (Å²) in [6.07, 6.45) is 0. The fraction of sp³-hybridized carbons (Fsp3) is 0.0137. The van der Waals surface area contributed by atoms with Gasteiger partial charge in [-0.05, 0) is 151 Å². The van der Waals surface area contributed by atoms with Crippen molar-refractivity contribution in [2.24, 2.45) is 0 Å². The number of anilines is 3. The topological polar surface area (TPSA) is 3.24 Å². The summed E-state index contributed by atoms with van der Waals surface area (Å²) in [5.41, 5.74) is 20.1. The van der Waals surface area contributed by atoms with Crippen molar-refractivity contribution in [2.75, 3.05) is 4.90 Å². The van der Waals surface area contributed by atoms with Crippen molar-refractivity contribution in [1.29, 1.82) is 0 Å². The molecule has 1 aliphatic carbocycles. The van der Waals surface area contributed by atoms with Crippen LogP contribution in [-0.2, 0) is 5.41 Å². The molecule has 0 N–H and O–H groups in total. The average molecular weight is 1000 g/mol. The van der Waals surface area contributed by atoms with E-state index in [1.165, 1.54) is 118 Å². The van der Waals surface area contributed by atoms with E-state index in [0.717, 1.165) is 17.1 Å². The number of hydrogen-bond donors (Lipinski definition) is 0. The molecule has 76 heavy (non-hydrogen) atoms. The van der Waals surface area contributed by atoms with E-state index in [1.807, 2.05) is 22.7 Å². The third kappa shape index (κ3) is 7.27. The molecule has 0 radical (unpaired) electrons. The van der Waals surface area contributed by atoms with Crippen LogP contribution in [0.4, 0.5) is 17.1 Å². The maximum Gasteiger partial charge on any atom is 0.0713 e. The molecule has 3 heteroatoms. The van der Waals surface area contributed by atoms with Gasteiger partial charge in [0.05, 0.1) is 5.41 Å². The molecule has 15 rings (SSSR count). The maximum atomic E-state index is 2.42. The van der Waals surface area contributed by atoms with Crippen LogP contribution >= 0.6 is 22.7 Å². The average Bonchev–Trinajstić information content (AvgIpc) is 4.16. The zero-order valence-corrected chi connectivity index (χ0v) is 43.0. The molecule has 12 aromatic carbocycles. The molecule has 356 valence electrons. The third-order valence-corrected chi connectivity index (χ3v) is 18.1. The Labute approximate surface area is 450 Å². The molecule has 0 saturated carbocycles. The Morgan fingerprint density at radius 1 is 0.237 bits per heavy atom. The lowest BCUT2D eigenvalue weighted by Crippen LogP contribution is -2.28. The Balaban J connectivity index is 0.800. The second-order valence-electron chi connectivity index (χ2n) is 20.0. The van der Waals surface area contributed by atoms with E-state index in [9.17, 15) is 0 Å². The SMILES string of the molecule is c1ccc(C2(c3ccccc3)c3ccccc3-c3cc(N(c4ccc(-c5ccc(-c6ccc7sc8ccccc8c7c6)cc5)cc4)c4ccc(-c5ccc(-c6ccc7sc8ccccc8c7c6)cc5)cc4)ccc32)cc1. The highest BCUT2D eigenvalue weighted by Gasteiger charge is 2.46. The molecule has 0 bridgehead atoms. The summed E-state index contributed by atoms with van der Waals surface area (Å²) < 4.78 is 5.31. The van der Waals surface area contributed by atoms with Gasteiger partial charge in [-0.25, -0.2) is 0 Å². The normalized spacial score (nSPS) is 12.6. The first-order chi connectivity index (χ1) is 37.6. The quantitative estimate of drug-likeness (QED) is 0.139. The summed E-state index contributed by atoms with van der Waals surface area (Å²) >= 11 is 3.72. The molecule has 0 unspecified atom stereocenters.